The number of imide groups is 1. The number of aromatic amines is 1. The molecule has 7 N–H and O–H groups in total. The van der Waals surface area contributed by atoms with Crippen LogP contribution in [0.1, 0.15) is 32.7 Å². The second-order valence-electron chi connectivity index (χ2n) is 8.79. The lowest BCUT2D eigenvalue weighted by atomic mass is 10.0. The number of benzene rings is 3. The van der Waals surface area contributed by atoms with Crippen LogP contribution in [0.5, 0.6) is 0 Å². The zero-order valence-corrected chi connectivity index (χ0v) is 20.8. The number of amides is 4. The third kappa shape index (κ3) is 4.79. The topological polar surface area (TPSA) is 177 Å². The molecule has 39 heavy (non-hydrogen) atoms. The molecule has 0 saturated carbocycles. The summed E-state index contributed by atoms with van der Waals surface area (Å²) in [6, 6.07) is 19.3. The van der Waals surface area contributed by atoms with Gasteiger partial charge < -0.3 is 22.2 Å². The van der Waals surface area contributed by atoms with Crippen LogP contribution in [0.15, 0.2) is 90.3 Å². The Hall–Kier alpha value is -5.13. The standard InChI is InChI=1S/C28H26N8O3/c29-13-17-8-10-19(11-9-17)26(37)36-23-7-2-1-6-21(23)24(22-15-32-16-33-22)34-25(27(36)38)35(28(31)39)20-5-3-4-18(12-20)14-30/h1-12,15-16,25H,13-14,29-30H2,(H2,31,39)(H,32,33). The van der Waals surface area contributed by atoms with Crippen LogP contribution in [-0.4, -0.2) is 39.7 Å². The Morgan fingerprint density at radius 2 is 1.69 bits per heavy atom. The Bertz CT molecular complexity index is 1560. The monoisotopic (exact) mass is 522 g/mol. The fraction of sp³-hybridized carbons (Fsp3) is 0.107. The number of nitrogens with two attached hydrogens (primary N) is 3. The molecule has 4 aromatic rings. The number of H-pyrrole nitrogens is 1. The first kappa shape index (κ1) is 25.5. The van der Waals surface area contributed by atoms with Crippen molar-refractivity contribution in [2.45, 2.75) is 19.3 Å². The molecule has 0 radical (unpaired) electrons. The number of urea groups is 1. The minimum absolute atomic E-state index is 0.204. The highest BCUT2D eigenvalue weighted by Crippen LogP contribution is 2.32. The zero-order valence-electron chi connectivity index (χ0n) is 20.8. The number of aliphatic imine (C=N–C) groups is 1. The highest BCUT2D eigenvalue weighted by Gasteiger charge is 2.41. The second-order valence-corrected chi connectivity index (χ2v) is 8.79. The molecule has 4 amide bonds. The van der Waals surface area contributed by atoms with Crippen molar-refractivity contribution in [3.05, 3.63) is 113 Å². The van der Waals surface area contributed by atoms with Gasteiger partial charge in [0, 0.05) is 36.1 Å². The van der Waals surface area contributed by atoms with E-state index >= 15 is 0 Å². The average molecular weight is 523 g/mol. The third-order valence-corrected chi connectivity index (χ3v) is 6.38. The normalized spacial score (nSPS) is 14.8. The van der Waals surface area contributed by atoms with Crippen LogP contribution in [-0.2, 0) is 17.9 Å². The Labute approximate surface area is 223 Å². The number of carbonyl (C=O) groups is 3. The molecule has 5 rings (SSSR count). The molecule has 0 saturated heterocycles. The number of carbonyl (C=O) groups excluding carboxylic acids is 3. The van der Waals surface area contributed by atoms with Crippen molar-refractivity contribution in [3.63, 3.8) is 0 Å². The third-order valence-electron chi connectivity index (χ3n) is 6.38. The van der Waals surface area contributed by atoms with Crippen molar-refractivity contribution in [2.75, 3.05) is 9.80 Å². The van der Waals surface area contributed by atoms with E-state index in [9.17, 15) is 14.4 Å². The number of hydrogen-bond acceptors (Lipinski definition) is 7. The molecule has 0 spiro atoms. The van der Waals surface area contributed by atoms with Gasteiger partial charge in [0.2, 0.25) is 6.17 Å². The van der Waals surface area contributed by atoms with Gasteiger partial charge in [-0.1, -0.05) is 42.5 Å². The van der Waals surface area contributed by atoms with Gasteiger partial charge in [0.05, 0.1) is 17.7 Å². The number of benzodiazepines with no additional fused rings is 1. The number of rotatable bonds is 6. The average Bonchev–Trinajstić information content (AvgIpc) is 3.46. The number of nitrogens with zero attached hydrogens (tertiary/aromatic N) is 4. The number of hydrogen-bond donors (Lipinski definition) is 4. The molecule has 1 aliphatic rings. The van der Waals surface area contributed by atoms with Crippen molar-refractivity contribution >= 4 is 34.9 Å². The summed E-state index contributed by atoms with van der Waals surface area (Å²) in [6.07, 6.45) is 1.56. The van der Waals surface area contributed by atoms with E-state index in [-0.39, 0.29) is 12.1 Å². The maximum atomic E-state index is 14.3. The predicted octanol–water partition coefficient (Wildman–Crippen LogP) is 2.26. The van der Waals surface area contributed by atoms with E-state index in [1.807, 2.05) is 0 Å². The summed E-state index contributed by atoms with van der Waals surface area (Å²) < 4.78 is 0. The number of nitrogens with one attached hydrogen (secondary N) is 1. The van der Waals surface area contributed by atoms with Crippen LogP contribution in [0, 0.1) is 0 Å². The fourth-order valence-corrected chi connectivity index (χ4v) is 4.46. The summed E-state index contributed by atoms with van der Waals surface area (Å²) >= 11 is 0. The molecule has 1 aliphatic heterocycles. The van der Waals surface area contributed by atoms with E-state index in [2.05, 4.69) is 9.97 Å². The van der Waals surface area contributed by atoms with Gasteiger partial charge in [-0.2, -0.15) is 0 Å². The van der Waals surface area contributed by atoms with Crippen LogP contribution < -0.4 is 27.0 Å². The molecule has 1 unspecified atom stereocenters. The molecule has 11 nitrogen and oxygen atoms in total. The van der Waals surface area contributed by atoms with Crippen molar-refractivity contribution < 1.29 is 14.4 Å². The summed E-state index contributed by atoms with van der Waals surface area (Å²) in [6.45, 7) is 0.508. The van der Waals surface area contributed by atoms with Gasteiger partial charge in [0.25, 0.3) is 11.8 Å². The minimum atomic E-state index is -1.53. The summed E-state index contributed by atoms with van der Waals surface area (Å²) in [5, 5.41) is 0. The lowest BCUT2D eigenvalue weighted by molar-refractivity contribution is -0.118. The van der Waals surface area contributed by atoms with E-state index in [1.54, 1.807) is 79.0 Å². The Kier molecular flexibility index (Phi) is 7.00. The van der Waals surface area contributed by atoms with E-state index < -0.39 is 24.0 Å². The number of aromatic nitrogens is 2. The van der Waals surface area contributed by atoms with Gasteiger partial charge in [-0.05, 0) is 41.5 Å². The van der Waals surface area contributed by atoms with E-state index in [1.165, 1.54) is 6.33 Å². The van der Waals surface area contributed by atoms with Gasteiger partial charge >= 0.3 is 6.03 Å². The molecule has 1 aromatic heterocycles. The smallest absolute Gasteiger partial charge is 0.321 e. The maximum Gasteiger partial charge on any atom is 0.321 e. The minimum Gasteiger partial charge on any atom is -0.351 e. The molecule has 3 aromatic carbocycles. The van der Waals surface area contributed by atoms with Crippen molar-refractivity contribution in [1.82, 2.24) is 9.97 Å². The molecule has 0 fully saturated rings. The van der Waals surface area contributed by atoms with Crippen molar-refractivity contribution in [2.24, 2.45) is 22.2 Å². The fourth-order valence-electron chi connectivity index (χ4n) is 4.46. The van der Waals surface area contributed by atoms with Gasteiger partial charge in [-0.3, -0.25) is 14.5 Å². The first-order valence-electron chi connectivity index (χ1n) is 12.1. The molecule has 11 heteroatoms. The summed E-state index contributed by atoms with van der Waals surface area (Å²) in [5.41, 5.74) is 21.0. The SMILES string of the molecule is NCc1ccc(C(=O)N2C(=O)C(N(C(N)=O)c3cccc(CN)c3)N=C(c3c[nH]cn3)c3ccccc32)cc1. The zero-order chi connectivity index (χ0) is 27.5. The van der Waals surface area contributed by atoms with E-state index in [0.717, 1.165) is 15.4 Å². The van der Waals surface area contributed by atoms with Crippen LogP contribution in [0.3, 0.4) is 0 Å². The summed E-state index contributed by atoms with van der Waals surface area (Å²) in [5.74, 6) is -1.36. The Morgan fingerprint density at radius 3 is 2.36 bits per heavy atom. The number of para-hydroxylation sites is 1. The Balaban J connectivity index is 1.73. The molecule has 2 heterocycles. The predicted molar refractivity (Wildman–Crippen MR) is 147 cm³/mol. The quantitative estimate of drug-likeness (QED) is 0.282. The summed E-state index contributed by atoms with van der Waals surface area (Å²) in [4.78, 5) is 55.2. The number of imidazole rings is 1. The second kappa shape index (κ2) is 10.7. The molecule has 196 valence electrons. The molecule has 0 bridgehead atoms. The van der Waals surface area contributed by atoms with Gasteiger partial charge in [-0.25, -0.2) is 19.7 Å². The maximum absolute atomic E-state index is 14.3. The lowest BCUT2D eigenvalue weighted by Crippen LogP contribution is -2.53. The molecular weight excluding hydrogens is 496 g/mol. The van der Waals surface area contributed by atoms with E-state index in [0.29, 0.717) is 40.5 Å². The number of primary amides is 1. The molecular formula is C28H26N8O3. The molecule has 0 aliphatic carbocycles. The van der Waals surface area contributed by atoms with Gasteiger partial charge in [0.1, 0.15) is 5.69 Å². The van der Waals surface area contributed by atoms with Crippen molar-refractivity contribution in [1.29, 1.82) is 0 Å². The highest BCUT2D eigenvalue weighted by atomic mass is 16.2. The van der Waals surface area contributed by atoms with Crippen LogP contribution in [0.4, 0.5) is 16.2 Å². The Morgan fingerprint density at radius 1 is 0.949 bits per heavy atom. The van der Waals surface area contributed by atoms with Gasteiger partial charge in [-0.15, -0.1) is 0 Å². The first-order valence-corrected chi connectivity index (χ1v) is 12.1. The first-order chi connectivity index (χ1) is 18.9. The van der Waals surface area contributed by atoms with Crippen molar-refractivity contribution in [3.8, 4) is 0 Å². The van der Waals surface area contributed by atoms with Crippen LogP contribution >= 0.6 is 0 Å². The number of anilines is 2. The highest BCUT2D eigenvalue weighted by molar-refractivity contribution is 6.29. The number of fused-ring (bicyclic) bond motifs is 1. The van der Waals surface area contributed by atoms with Crippen LogP contribution in [0.25, 0.3) is 0 Å². The molecule has 1 atom stereocenters. The lowest BCUT2D eigenvalue weighted by Gasteiger charge is -2.30. The van der Waals surface area contributed by atoms with E-state index in [4.69, 9.17) is 22.2 Å². The summed E-state index contributed by atoms with van der Waals surface area (Å²) in [7, 11) is 0. The largest absolute Gasteiger partial charge is 0.351 e. The van der Waals surface area contributed by atoms with Gasteiger partial charge in [0.15, 0.2) is 0 Å². The van der Waals surface area contributed by atoms with Crippen LogP contribution in [0.2, 0.25) is 0 Å².